The third kappa shape index (κ3) is 3.38. The molecule has 19 heavy (non-hydrogen) atoms. The summed E-state index contributed by atoms with van der Waals surface area (Å²) in [5, 5.41) is 23.4. The van der Waals surface area contributed by atoms with Gasteiger partial charge >= 0.3 is 0 Å². The minimum absolute atomic E-state index is 0.184. The highest BCUT2D eigenvalue weighted by molar-refractivity contribution is 6.35. The Morgan fingerprint density at radius 3 is 1.95 bits per heavy atom. The number of carbonyl (C=O) groups is 1. The lowest BCUT2D eigenvalue weighted by Crippen LogP contribution is -2.30. The van der Waals surface area contributed by atoms with E-state index in [9.17, 15) is 25.0 Å². The molecule has 1 aromatic rings. The first-order valence-electron chi connectivity index (χ1n) is 5.17. The fourth-order valence-electron chi connectivity index (χ4n) is 1.34. The topological polar surface area (TPSA) is 115 Å². The number of halogens is 1. The molecule has 0 unspecified atom stereocenters. The van der Waals surface area contributed by atoms with Crippen molar-refractivity contribution in [3.8, 4) is 0 Å². The van der Waals surface area contributed by atoms with Crippen LogP contribution in [-0.4, -0.2) is 21.8 Å². The van der Waals surface area contributed by atoms with Crippen LogP contribution in [0.15, 0.2) is 12.1 Å². The molecular weight excluding hydrogens is 278 g/mol. The fraction of sp³-hybridized carbons (Fsp3) is 0.300. The van der Waals surface area contributed by atoms with E-state index in [1.165, 1.54) is 0 Å². The van der Waals surface area contributed by atoms with Crippen molar-refractivity contribution in [3.05, 3.63) is 42.9 Å². The highest BCUT2D eigenvalue weighted by Gasteiger charge is 2.27. The van der Waals surface area contributed by atoms with Crippen molar-refractivity contribution in [1.29, 1.82) is 0 Å². The fourth-order valence-corrected chi connectivity index (χ4v) is 1.58. The number of hydrogen-bond acceptors (Lipinski definition) is 5. The van der Waals surface area contributed by atoms with Gasteiger partial charge in [0.15, 0.2) is 5.02 Å². The van der Waals surface area contributed by atoms with Crippen molar-refractivity contribution < 1.29 is 14.6 Å². The minimum Gasteiger partial charge on any atom is -0.350 e. The Hall–Kier alpha value is -2.22. The third-order valence-electron chi connectivity index (χ3n) is 2.11. The van der Waals surface area contributed by atoms with Crippen LogP contribution in [0.2, 0.25) is 5.02 Å². The van der Waals surface area contributed by atoms with Crippen LogP contribution in [-0.2, 0) is 0 Å². The average molecular weight is 288 g/mol. The van der Waals surface area contributed by atoms with Crippen LogP contribution in [0.3, 0.4) is 0 Å². The van der Waals surface area contributed by atoms with Gasteiger partial charge in [-0.15, -0.1) is 0 Å². The molecule has 0 saturated heterocycles. The third-order valence-corrected chi connectivity index (χ3v) is 2.50. The predicted octanol–water partition coefficient (Wildman–Crippen LogP) is 2.29. The van der Waals surface area contributed by atoms with E-state index in [0.717, 1.165) is 12.1 Å². The normalized spacial score (nSPS) is 10.3. The summed E-state index contributed by atoms with van der Waals surface area (Å²) in [7, 11) is 0. The highest BCUT2D eigenvalue weighted by Crippen LogP contribution is 2.34. The zero-order valence-corrected chi connectivity index (χ0v) is 10.8. The summed E-state index contributed by atoms with van der Waals surface area (Å²) >= 11 is 5.57. The molecule has 0 aromatic heterocycles. The van der Waals surface area contributed by atoms with E-state index < -0.39 is 32.2 Å². The molecular formula is C10H10ClN3O5. The van der Waals surface area contributed by atoms with Gasteiger partial charge < -0.3 is 5.32 Å². The molecule has 0 heterocycles. The maximum atomic E-state index is 11.7. The maximum absolute atomic E-state index is 11.7. The molecule has 0 fully saturated rings. The molecule has 1 N–H and O–H groups in total. The molecule has 0 aliphatic carbocycles. The first-order valence-corrected chi connectivity index (χ1v) is 5.55. The summed E-state index contributed by atoms with van der Waals surface area (Å²) in [6.07, 6.45) is 0. The second-order valence-electron chi connectivity index (χ2n) is 3.97. The molecule has 0 atom stereocenters. The van der Waals surface area contributed by atoms with Crippen LogP contribution in [0.5, 0.6) is 0 Å². The zero-order valence-electron chi connectivity index (χ0n) is 10.0. The summed E-state index contributed by atoms with van der Waals surface area (Å²) in [5.41, 5.74) is -1.54. The van der Waals surface area contributed by atoms with Gasteiger partial charge in [0.2, 0.25) is 0 Å². The lowest BCUT2D eigenvalue weighted by Gasteiger charge is -2.08. The molecule has 1 rings (SSSR count). The smallest absolute Gasteiger partial charge is 0.295 e. The van der Waals surface area contributed by atoms with Gasteiger partial charge in [-0.1, -0.05) is 11.6 Å². The van der Waals surface area contributed by atoms with E-state index in [0.29, 0.717) is 0 Å². The lowest BCUT2D eigenvalue weighted by molar-refractivity contribution is -0.393. The second kappa shape index (κ2) is 5.61. The van der Waals surface area contributed by atoms with Gasteiger partial charge in [-0.2, -0.15) is 0 Å². The average Bonchev–Trinajstić information content (AvgIpc) is 2.27. The molecule has 0 radical (unpaired) electrons. The van der Waals surface area contributed by atoms with Crippen molar-refractivity contribution in [2.24, 2.45) is 0 Å². The van der Waals surface area contributed by atoms with Crippen LogP contribution in [0, 0.1) is 20.2 Å². The van der Waals surface area contributed by atoms with Crippen molar-refractivity contribution >= 4 is 28.9 Å². The van der Waals surface area contributed by atoms with Crippen LogP contribution >= 0.6 is 11.6 Å². The van der Waals surface area contributed by atoms with Crippen molar-refractivity contribution in [2.75, 3.05) is 0 Å². The molecule has 0 spiro atoms. The molecule has 1 aromatic carbocycles. The van der Waals surface area contributed by atoms with Gasteiger partial charge in [-0.3, -0.25) is 25.0 Å². The van der Waals surface area contributed by atoms with E-state index in [1.807, 2.05) is 0 Å². The monoisotopic (exact) mass is 287 g/mol. The number of rotatable bonds is 4. The van der Waals surface area contributed by atoms with Gasteiger partial charge in [-0.05, 0) is 13.8 Å². The van der Waals surface area contributed by atoms with Crippen LogP contribution in [0.25, 0.3) is 0 Å². The molecule has 8 nitrogen and oxygen atoms in total. The van der Waals surface area contributed by atoms with Crippen LogP contribution in [0.1, 0.15) is 24.2 Å². The summed E-state index contributed by atoms with van der Waals surface area (Å²) in [6, 6.07) is 1.61. The Kier molecular flexibility index (Phi) is 4.38. The minimum atomic E-state index is -0.874. The van der Waals surface area contributed by atoms with Gasteiger partial charge in [0.25, 0.3) is 17.3 Å². The Bertz CT molecular complexity index is 523. The maximum Gasteiger partial charge on any atom is 0.295 e. The zero-order chi connectivity index (χ0) is 14.7. The van der Waals surface area contributed by atoms with Crippen LogP contribution < -0.4 is 5.32 Å². The summed E-state index contributed by atoms with van der Waals surface area (Å²) < 4.78 is 0. The number of amides is 1. The number of benzene rings is 1. The van der Waals surface area contributed by atoms with E-state index in [1.54, 1.807) is 13.8 Å². The van der Waals surface area contributed by atoms with Crippen molar-refractivity contribution in [1.82, 2.24) is 5.32 Å². The number of hydrogen-bond donors (Lipinski definition) is 1. The highest BCUT2D eigenvalue weighted by atomic mass is 35.5. The molecule has 102 valence electrons. The summed E-state index contributed by atoms with van der Waals surface area (Å²) in [4.78, 5) is 31.5. The largest absolute Gasteiger partial charge is 0.350 e. The first kappa shape index (κ1) is 14.8. The quantitative estimate of drug-likeness (QED) is 0.673. The van der Waals surface area contributed by atoms with Gasteiger partial charge in [-0.25, -0.2) is 0 Å². The molecule has 9 heteroatoms. The Morgan fingerprint density at radius 1 is 1.21 bits per heavy atom. The molecule has 0 aliphatic rings. The standard InChI is InChI=1S/C10H10ClN3O5/c1-5(2)12-10(15)6-3-7(13(16)17)9(11)8(4-6)14(18)19/h3-5H,1-2H3,(H,12,15). The number of nitro groups is 2. The Morgan fingerprint density at radius 2 is 1.63 bits per heavy atom. The number of nitro benzene ring substituents is 2. The lowest BCUT2D eigenvalue weighted by atomic mass is 10.1. The number of carbonyl (C=O) groups excluding carboxylic acids is 1. The Labute approximate surface area is 112 Å². The predicted molar refractivity (Wildman–Crippen MR) is 67.4 cm³/mol. The van der Waals surface area contributed by atoms with Gasteiger partial charge in [0.05, 0.1) is 15.4 Å². The van der Waals surface area contributed by atoms with Crippen molar-refractivity contribution in [3.63, 3.8) is 0 Å². The molecule has 0 aliphatic heterocycles. The summed E-state index contributed by atoms with van der Waals surface area (Å²) in [6.45, 7) is 3.38. The van der Waals surface area contributed by atoms with E-state index in [-0.39, 0.29) is 11.6 Å². The van der Waals surface area contributed by atoms with Gasteiger partial charge in [0, 0.05) is 18.2 Å². The Balaban J connectivity index is 3.38. The van der Waals surface area contributed by atoms with E-state index >= 15 is 0 Å². The van der Waals surface area contributed by atoms with Crippen molar-refractivity contribution in [2.45, 2.75) is 19.9 Å². The van der Waals surface area contributed by atoms with E-state index in [4.69, 9.17) is 11.6 Å². The number of nitrogens with zero attached hydrogens (tertiary/aromatic N) is 2. The number of nitrogens with one attached hydrogen (secondary N) is 1. The van der Waals surface area contributed by atoms with E-state index in [2.05, 4.69) is 5.32 Å². The summed E-state index contributed by atoms with van der Waals surface area (Å²) in [5.74, 6) is -0.641. The second-order valence-corrected chi connectivity index (χ2v) is 4.35. The molecule has 0 bridgehead atoms. The SMILES string of the molecule is CC(C)NC(=O)c1cc([N+](=O)[O-])c(Cl)c([N+](=O)[O-])c1. The van der Waals surface area contributed by atoms with Gasteiger partial charge in [0.1, 0.15) is 0 Å². The first-order chi connectivity index (χ1) is 8.73. The van der Waals surface area contributed by atoms with Crippen LogP contribution in [0.4, 0.5) is 11.4 Å². The molecule has 1 amide bonds. The molecule has 0 saturated carbocycles.